The van der Waals surface area contributed by atoms with Gasteiger partial charge in [0.25, 0.3) is 0 Å². The summed E-state index contributed by atoms with van der Waals surface area (Å²) in [5, 5.41) is 0. The lowest BCUT2D eigenvalue weighted by Crippen LogP contribution is -2.34. The third-order valence-corrected chi connectivity index (χ3v) is 5.98. The van der Waals surface area contributed by atoms with E-state index in [2.05, 4.69) is 50.9 Å². The van der Waals surface area contributed by atoms with E-state index in [4.69, 9.17) is 14.2 Å². The number of fused-ring (bicyclic) bond motifs is 2. The van der Waals surface area contributed by atoms with Crippen molar-refractivity contribution in [3.8, 4) is 17.2 Å². The van der Waals surface area contributed by atoms with Crippen LogP contribution in [-0.4, -0.2) is 38.2 Å². The molecule has 0 saturated carbocycles. The van der Waals surface area contributed by atoms with Crippen LogP contribution in [0.1, 0.15) is 70.0 Å². The Morgan fingerprint density at radius 3 is 2.70 bits per heavy atom. The van der Waals surface area contributed by atoms with Gasteiger partial charge in [0.05, 0.1) is 7.11 Å². The zero-order valence-corrected chi connectivity index (χ0v) is 19.0. The molecular formula is C25H35NO4. The van der Waals surface area contributed by atoms with Crippen molar-refractivity contribution in [2.75, 3.05) is 27.5 Å². The molecule has 1 aromatic carbocycles. The Morgan fingerprint density at radius 1 is 1.20 bits per heavy atom. The van der Waals surface area contributed by atoms with Gasteiger partial charge in [0.15, 0.2) is 11.5 Å². The summed E-state index contributed by atoms with van der Waals surface area (Å²) in [6.07, 6.45) is 9.39. The zero-order chi connectivity index (χ0) is 21.7. The minimum Gasteiger partial charge on any atom is -0.492 e. The number of rotatable bonds is 9. The lowest BCUT2D eigenvalue weighted by atomic mass is 9.88. The SMILES string of the molecule is COc1c2c(cc3c1C(CC(=O)CCC=C(C)CCC=C(C)C)N(C)CC3)OCO2. The fourth-order valence-corrected chi connectivity index (χ4v) is 4.27. The second kappa shape index (κ2) is 10.2. The van der Waals surface area contributed by atoms with Crippen LogP contribution in [0.3, 0.4) is 0 Å². The van der Waals surface area contributed by atoms with Crippen molar-refractivity contribution in [3.63, 3.8) is 0 Å². The van der Waals surface area contributed by atoms with Gasteiger partial charge in [-0.25, -0.2) is 0 Å². The van der Waals surface area contributed by atoms with Crippen molar-refractivity contribution in [3.05, 3.63) is 40.5 Å². The van der Waals surface area contributed by atoms with E-state index in [0.717, 1.165) is 49.3 Å². The number of Topliss-reactive ketones (excluding diaryl/α,β-unsaturated/α-hetero) is 1. The first kappa shape index (κ1) is 22.4. The van der Waals surface area contributed by atoms with Crippen molar-refractivity contribution in [1.82, 2.24) is 4.90 Å². The van der Waals surface area contributed by atoms with Gasteiger partial charge in [-0.3, -0.25) is 9.69 Å². The predicted octanol–water partition coefficient (Wildman–Crippen LogP) is 5.39. The molecule has 5 heteroatoms. The van der Waals surface area contributed by atoms with Crippen molar-refractivity contribution in [2.45, 2.75) is 65.3 Å². The average Bonchev–Trinajstić information content (AvgIpc) is 3.16. The van der Waals surface area contributed by atoms with Gasteiger partial charge in [-0.05, 0) is 65.1 Å². The third-order valence-electron chi connectivity index (χ3n) is 5.98. The van der Waals surface area contributed by atoms with Gasteiger partial charge in [-0.1, -0.05) is 23.3 Å². The van der Waals surface area contributed by atoms with Gasteiger partial charge in [0.1, 0.15) is 5.78 Å². The molecule has 0 N–H and O–H groups in total. The summed E-state index contributed by atoms with van der Waals surface area (Å²) in [4.78, 5) is 15.1. The van der Waals surface area contributed by atoms with Crippen molar-refractivity contribution >= 4 is 5.78 Å². The molecule has 5 nitrogen and oxygen atoms in total. The second-order valence-electron chi connectivity index (χ2n) is 8.61. The highest BCUT2D eigenvalue weighted by atomic mass is 16.7. The molecule has 2 aliphatic heterocycles. The number of hydrogen-bond acceptors (Lipinski definition) is 5. The number of hydrogen-bond donors (Lipinski definition) is 0. The maximum absolute atomic E-state index is 12.8. The molecule has 0 saturated heterocycles. The van der Waals surface area contributed by atoms with E-state index in [0.29, 0.717) is 18.6 Å². The van der Waals surface area contributed by atoms with Crippen LogP contribution in [-0.2, 0) is 11.2 Å². The van der Waals surface area contributed by atoms with Crippen LogP contribution < -0.4 is 14.2 Å². The zero-order valence-electron chi connectivity index (χ0n) is 19.0. The molecule has 2 heterocycles. The summed E-state index contributed by atoms with van der Waals surface area (Å²) in [6, 6.07) is 2.07. The molecule has 0 bridgehead atoms. The van der Waals surface area contributed by atoms with E-state index in [1.54, 1.807) is 7.11 Å². The van der Waals surface area contributed by atoms with Crippen LogP contribution in [0.4, 0.5) is 0 Å². The molecule has 0 amide bonds. The van der Waals surface area contributed by atoms with Crippen molar-refractivity contribution in [2.24, 2.45) is 0 Å². The summed E-state index contributed by atoms with van der Waals surface area (Å²) in [5.41, 5.74) is 4.99. The van der Waals surface area contributed by atoms with Crippen LogP contribution in [0, 0.1) is 0 Å². The molecule has 1 aromatic rings. The molecule has 0 spiro atoms. The summed E-state index contributed by atoms with van der Waals surface area (Å²) in [7, 11) is 3.74. The first-order chi connectivity index (χ1) is 14.4. The molecule has 0 fully saturated rings. The number of methoxy groups -OCH3 is 1. The summed E-state index contributed by atoms with van der Waals surface area (Å²) in [5.74, 6) is 2.42. The van der Waals surface area contributed by atoms with Gasteiger partial charge in [-0.15, -0.1) is 0 Å². The van der Waals surface area contributed by atoms with Crippen LogP contribution in [0.15, 0.2) is 29.4 Å². The maximum Gasteiger partial charge on any atom is 0.231 e. The molecule has 164 valence electrons. The first-order valence-electron chi connectivity index (χ1n) is 10.9. The topological polar surface area (TPSA) is 48.0 Å². The molecule has 30 heavy (non-hydrogen) atoms. The quantitative estimate of drug-likeness (QED) is 0.508. The Labute approximate surface area is 180 Å². The normalized spacial score (nSPS) is 18.2. The molecule has 0 aromatic heterocycles. The maximum atomic E-state index is 12.8. The van der Waals surface area contributed by atoms with Gasteiger partial charge in [-0.2, -0.15) is 0 Å². The molecule has 0 aliphatic carbocycles. The van der Waals surface area contributed by atoms with Crippen LogP contribution in [0.25, 0.3) is 0 Å². The third kappa shape index (κ3) is 5.25. The molecule has 0 radical (unpaired) electrons. The van der Waals surface area contributed by atoms with E-state index in [1.807, 2.05) is 0 Å². The van der Waals surface area contributed by atoms with Gasteiger partial charge >= 0.3 is 0 Å². The van der Waals surface area contributed by atoms with E-state index in [1.165, 1.54) is 16.7 Å². The smallest absolute Gasteiger partial charge is 0.231 e. The Kier molecular flexibility index (Phi) is 7.59. The Morgan fingerprint density at radius 2 is 1.97 bits per heavy atom. The molecule has 3 rings (SSSR count). The minimum atomic E-state index is 0.00782. The van der Waals surface area contributed by atoms with Crippen LogP contribution in [0.5, 0.6) is 17.2 Å². The number of ketones is 1. The number of ether oxygens (including phenoxy) is 3. The second-order valence-corrected chi connectivity index (χ2v) is 8.61. The Bertz CT molecular complexity index is 836. The lowest BCUT2D eigenvalue weighted by Gasteiger charge is -2.35. The van der Waals surface area contributed by atoms with E-state index in [9.17, 15) is 4.79 Å². The first-order valence-corrected chi connectivity index (χ1v) is 10.9. The molecular weight excluding hydrogens is 378 g/mol. The van der Waals surface area contributed by atoms with Crippen molar-refractivity contribution in [1.29, 1.82) is 0 Å². The summed E-state index contributed by atoms with van der Waals surface area (Å²) >= 11 is 0. The monoisotopic (exact) mass is 413 g/mol. The highest BCUT2D eigenvalue weighted by molar-refractivity contribution is 5.80. The van der Waals surface area contributed by atoms with Crippen molar-refractivity contribution < 1.29 is 19.0 Å². The molecule has 2 aliphatic rings. The van der Waals surface area contributed by atoms with Gasteiger partial charge in [0, 0.05) is 31.0 Å². The summed E-state index contributed by atoms with van der Waals surface area (Å²) in [6.45, 7) is 7.54. The van der Waals surface area contributed by atoms with E-state index in [-0.39, 0.29) is 18.6 Å². The highest BCUT2D eigenvalue weighted by Gasteiger charge is 2.34. The lowest BCUT2D eigenvalue weighted by molar-refractivity contribution is -0.120. The number of carbonyl (C=O) groups is 1. The summed E-state index contributed by atoms with van der Waals surface area (Å²) < 4.78 is 16.9. The van der Waals surface area contributed by atoms with E-state index >= 15 is 0 Å². The van der Waals surface area contributed by atoms with Crippen LogP contribution >= 0.6 is 0 Å². The predicted molar refractivity (Wildman–Crippen MR) is 119 cm³/mol. The van der Waals surface area contributed by atoms with Gasteiger partial charge < -0.3 is 14.2 Å². The minimum absolute atomic E-state index is 0.00782. The Balaban J connectivity index is 1.66. The van der Waals surface area contributed by atoms with Crippen LogP contribution in [0.2, 0.25) is 0 Å². The van der Waals surface area contributed by atoms with E-state index < -0.39 is 0 Å². The number of likely N-dealkylation sites (N-methyl/N-ethyl adjacent to an activating group) is 1. The number of allylic oxidation sites excluding steroid dienone is 4. The van der Waals surface area contributed by atoms with Gasteiger partial charge in [0.2, 0.25) is 12.5 Å². The number of benzene rings is 1. The fourth-order valence-electron chi connectivity index (χ4n) is 4.27. The highest BCUT2D eigenvalue weighted by Crippen LogP contribution is 2.50. The largest absolute Gasteiger partial charge is 0.492 e. The molecule has 1 atom stereocenters. The fraction of sp³-hybridized carbons (Fsp3) is 0.560. The Hall–Kier alpha value is -2.27. The average molecular weight is 414 g/mol. The number of carbonyl (C=O) groups excluding carboxylic acids is 1. The molecule has 1 unspecified atom stereocenters. The number of nitrogens with zero attached hydrogens (tertiary/aromatic N) is 1. The standard InChI is InChI=1S/C25H35NO4/c1-17(2)8-6-9-18(3)10-7-11-20(27)15-21-23-19(12-13-26(21)4)14-22-24(25(23)28-5)30-16-29-22/h8,10,14,21H,6-7,9,11-13,15-16H2,1-5H3.